The fourth-order valence-corrected chi connectivity index (χ4v) is 2.58. The van der Waals surface area contributed by atoms with Crippen LogP contribution in [0.3, 0.4) is 0 Å². The van der Waals surface area contributed by atoms with E-state index >= 15 is 0 Å². The first-order valence-corrected chi connectivity index (χ1v) is 7.43. The number of hydrogen-bond donors (Lipinski definition) is 0. The van der Waals surface area contributed by atoms with Gasteiger partial charge in [-0.3, -0.25) is 0 Å². The van der Waals surface area contributed by atoms with Crippen LogP contribution in [0.25, 0.3) is 0 Å². The number of rotatable bonds is 5. The summed E-state index contributed by atoms with van der Waals surface area (Å²) in [4.78, 5) is 5.65. The average molecular weight is 338 g/mol. The van der Waals surface area contributed by atoms with Crippen molar-refractivity contribution in [2.45, 2.75) is 19.8 Å². The van der Waals surface area contributed by atoms with E-state index in [-0.39, 0.29) is 0 Å². The van der Waals surface area contributed by atoms with Crippen LogP contribution in [-0.4, -0.2) is 11.3 Å². The van der Waals surface area contributed by atoms with Crippen molar-refractivity contribution in [2.75, 3.05) is 6.61 Å². The molecule has 1 aromatic heterocycles. The van der Waals surface area contributed by atoms with E-state index in [1.54, 1.807) is 4.73 Å². The smallest absolute Gasteiger partial charge is 0.142 e. The van der Waals surface area contributed by atoms with Gasteiger partial charge in [-0.1, -0.05) is 46.3 Å². The Morgan fingerprint density at radius 2 is 2.05 bits per heavy atom. The van der Waals surface area contributed by atoms with Gasteiger partial charge in [0, 0.05) is 10.7 Å². The summed E-state index contributed by atoms with van der Waals surface area (Å²) in [6.45, 7) is 2.67. The lowest BCUT2D eigenvalue weighted by atomic mass is 10.1. The Labute approximate surface area is 127 Å². The van der Waals surface area contributed by atoms with Crippen molar-refractivity contribution in [1.29, 1.82) is 0 Å². The second-order valence-corrected chi connectivity index (χ2v) is 5.67. The Hall–Kier alpha value is -1.13. The molecule has 0 fully saturated rings. The van der Waals surface area contributed by atoms with Gasteiger partial charge < -0.3 is 4.84 Å². The summed E-state index contributed by atoms with van der Waals surface area (Å²) in [5.74, 6) is 0. The topological polar surface area (TPSA) is 14.2 Å². The van der Waals surface area contributed by atoms with Gasteiger partial charge >= 0.3 is 0 Å². The van der Waals surface area contributed by atoms with E-state index in [0.717, 1.165) is 22.9 Å². The lowest BCUT2D eigenvalue weighted by molar-refractivity contribution is 0.104. The summed E-state index contributed by atoms with van der Waals surface area (Å²) < 4.78 is 3.52. The highest BCUT2D eigenvalue weighted by atomic mass is 79.9. The maximum absolute atomic E-state index is 5.65. The molecule has 2 nitrogen and oxygen atoms in total. The van der Waals surface area contributed by atoms with E-state index < -0.39 is 0 Å². The van der Waals surface area contributed by atoms with Gasteiger partial charge in [0.15, 0.2) is 0 Å². The van der Waals surface area contributed by atoms with Crippen molar-refractivity contribution in [3.05, 3.63) is 62.8 Å². The minimum absolute atomic E-state index is 0.651. The van der Waals surface area contributed by atoms with E-state index in [2.05, 4.69) is 34.1 Å². The van der Waals surface area contributed by atoms with Gasteiger partial charge in [-0.15, -0.1) is 0 Å². The molecule has 0 unspecified atom stereocenters. The highest BCUT2D eigenvalue weighted by molar-refractivity contribution is 9.10. The van der Waals surface area contributed by atoms with Crippen LogP contribution in [-0.2, 0) is 6.42 Å². The maximum Gasteiger partial charge on any atom is 0.142 e. The maximum atomic E-state index is 5.65. The molecule has 0 radical (unpaired) electrons. The Kier molecular flexibility index (Phi) is 5.16. The van der Waals surface area contributed by atoms with Crippen molar-refractivity contribution >= 4 is 28.1 Å². The van der Waals surface area contributed by atoms with Crippen LogP contribution in [0.2, 0.25) is 0 Å². The minimum Gasteiger partial charge on any atom is -0.413 e. The van der Waals surface area contributed by atoms with Gasteiger partial charge in [-0.2, -0.15) is 4.73 Å². The molecule has 0 aliphatic carbocycles. The second kappa shape index (κ2) is 6.87. The number of halogens is 1. The van der Waals surface area contributed by atoms with Gasteiger partial charge in [0.1, 0.15) is 11.2 Å². The fraction of sp³-hybridized carbons (Fsp3) is 0.267. The molecule has 4 heteroatoms. The van der Waals surface area contributed by atoms with Crippen molar-refractivity contribution < 1.29 is 4.84 Å². The van der Waals surface area contributed by atoms with Gasteiger partial charge in [-0.25, -0.2) is 0 Å². The summed E-state index contributed by atoms with van der Waals surface area (Å²) in [6, 6.07) is 12.2. The molecule has 1 heterocycles. The number of hydrogen-bond acceptors (Lipinski definition) is 2. The Bertz CT molecular complexity index is 609. The summed E-state index contributed by atoms with van der Waals surface area (Å²) in [7, 11) is 0. The third-order valence-corrected chi connectivity index (χ3v) is 3.89. The Morgan fingerprint density at radius 1 is 1.26 bits per heavy atom. The normalized spacial score (nSPS) is 10.4. The summed E-state index contributed by atoms with van der Waals surface area (Å²) in [5.41, 5.74) is 2.46. The summed E-state index contributed by atoms with van der Waals surface area (Å²) in [6.07, 6.45) is 3.81. The number of pyridine rings is 1. The van der Waals surface area contributed by atoms with Crippen LogP contribution in [0.15, 0.2) is 47.1 Å². The lowest BCUT2D eigenvalue weighted by Gasteiger charge is -2.10. The first kappa shape index (κ1) is 14.3. The van der Waals surface area contributed by atoms with Gasteiger partial charge in [0.05, 0.1) is 0 Å². The number of benzene rings is 1. The first-order chi connectivity index (χ1) is 9.16. The number of aromatic nitrogens is 1. The van der Waals surface area contributed by atoms with Crippen LogP contribution >= 0.6 is 28.1 Å². The van der Waals surface area contributed by atoms with Crippen LogP contribution in [0.5, 0.6) is 0 Å². The number of aryl methyl sites for hydroxylation is 2. The predicted octanol–water partition coefficient (Wildman–Crippen LogP) is 4.35. The molecule has 0 amide bonds. The van der Waals surface area contributed by atoms with Gasteiger partial charge in [0.25, 0.3) is 0 Å². The predicted molar refractivity (Wildman–Crippen MR) is 83.9 cm³/mol. The monoisotopic (exact) mass is 337 g/mol. The van der Waals surface area contributed by atoms with Crippen molar-refractivity contribution in [1.82, 2.24) is 4.73 Å². The quantitative estimate of drug-likeness (QED) is 0.594. The molecule has 2 aromatic rings. The highest BCUT2D eigenvalue weighted by Crippen LogP contribution is 2.17. The van der Waals surface area contributed by atoms with E-state index in [1.807, 2.05) is 31.3 Å². The van der Waals surface area contributed by atoms with E-state index in [9.17, 15) is 0 Å². The van der Waals surface area contributed by atoms with Crippen LogP contribution in [0.4, 0.5) is 0 Å². The molecule has 2 rings (SSSR count). The molecule has 0 aliphatic heterocycles. The molecule has 0 atom stereocenters. The lowest BCUT2D eigenvalue weighted by Crippen LogP contribution is -2.14. The molecule has 19 heavy (non-hydrogen) atoms. The van der Waals surface area contributed by atoms with Gasteiger partial charge in [0.2, 0.25) is 0 Å². The largest absolute Gasteiger partial charge is 0.413 e. The van der Waals surface area contributed by atoms with E-state index in [1.165, 1.54) is 5.56 Å². The van der Waals surface area contributed by atoms with Crippen molar-refractivity contribution in [2.24, 2.45) is 0 Å². The molecule has 0 N–H and O–H groups in total. The van der Waals surface area contributed by atoms with E-state index in [4.69, 9.17) is 17.1 Å². The highest BCUT2D eigenvalue weighted by Gasteiger charge is 1.99. The van der Waals surface area contributed by atoms with Crippen LogP contribution in [0.1, 0.15) is 17.5 Å². The summed E-state index contributed by atoms with van der Waals surface area (Å²) in [5, 5.41) is 0. The molecule has 0 saturated heterocycles. The molecule has 100 valence electrons. The molecule has 0 spiro atoms. The fourth-order valence-electron chi connectivity index (χ4n) is 1.80. The summed E-state index contributed by atoms with van der Waals surface area (Å²) >= 11 is 8.78. The molecule has 0 saturated carbocycles. The third-order valence-electron chi connectivity index (χ3n) is 2.82. The zero-order valence-corrected chi connectivity index (χ0v) is 13.2. The van der Waals surface area contributed by atoms with Crippen molar-refractivity contribution in [3.63, 3.8) is 0 Å². The minimum atomic E-state index is 0.651. The number of nitrogens with zero attached hydrogens (tertiary/aromatic N) is 1. The van der Waals surface area contributed by atoms with Crippen molar-refractivity contribution in [3.8, 4) is 0 Å². The zero-order chi connectivity index (χ0) is 13.7. The first-order valence-electron chi connectivity index (χ1n) is 6.23. The Balaban J connectivity index is 1.84. The molecular formula is C15H16BrNOS. The zero-order valence-electron chi connectivity index (χ0n) is 10.8. The Morgan fingerprint density at radius 3 is 2.79 bits per heavy atom. The second-order valence-electron chi connectivity index (χ2n) is 4.40. The SMILES string of the molecule is Cc1ccn(OCCCc2ccccc2Br)c(=S)c1. The molecule has 0 aliphatic rings. The average Bonchev–Trinajstić information content (AvgIpc) is 2.38. The van der Waals surface area contributed by atoms with E-state index in [0.29, 0.717) is 11.2 Å². The molecule has 1 aromatic carbocycles. The molecule has 0 bridgehead atoms. The standard InChI is InChI=1S/C15H16BrNOS/c1-12-8-9-17(15(19)11-12)18-10-4-6-13-5-2-3-7-14(13)16/h2-3,5,7-9,11H,4,6,10H2,1H3. The van der Waals surface area contributed by atoms with Crippen LogP contribution in [0, 0.1) is 11.6 Å². The third kappa shape index (κ3) is 4.18. The van der Waals surface area contributed by atoms with Crippen LogP contribution < -0.4 is 4.84 Å². The molecular weight excluding hydrogens is 322 g/mol. The van der Waals surface area contributed by atoms with Gasteiger partial charge in [-0.05, 0) is 49.1 Å².